The Balaban J connectivity index is 1.87. The molecule has 20 heavy (non-hydrogen) atoms. The molecule has 0 radical (unpaired) electrons. The highest BCUT2D eigenvalue weighted by atomic mass is 32.2. The Bertz CT molecular complexity index is 527. The first-order valence-corrected chi connectivity index (χ1v) is 8.41. The van der Waals surface area contributed by atoms with E-state index in [4.69, 9.17) is 4.74 Å². The molecule has 0 bridgehead atoms. The van der Waals surface area contributed by atoms with Crippen LogP contribution in [0.15, 0.2) is 18.3 Å². The van der Waals surface area contributed by atoms with Crippen LogP contribution in [0.4, 0.5) is 0 Å². The maximum Gasteiger partial charge on any atom is 0.213 e. The molecule has 1 unspecified atom stereocenters. The topological polar surface area (TPSA) is 80.3 Å². The van der Waals surface area contributed by atoms with Gasteiger partial charge in [-0.05, 0) is 43.5 Å². The van der Waals surface area contributed by atoms with Gasteiger partial charge in [-0.3, -0.25) is 0 Å². The van der Waals surface area contributed by atoms with Gasteiger partial charge in [-0.25, -0.2) is 18.1 Å². The highest BCUT2D eigenvalue weighted by Gasteiger charge is 2.20. The number of sulfonamides is 1. The molecule has 0 aliphatic carbocycles. The Labute approximate surface area is 120 Å². The summed E-state index contributed by atoms with van der Waals surface area (Å²) in [6, 6.07) is 3.50. The molecule has 0 amide bonds. The van der Waals surface area contributed by atoms with Gasteiger partial charge in [0, 0.05) is 18.8 Å². The molecule has 1 saturated heterocycles. The van der Waals surface area contributed by atoms with Crippen LogP contribution in [0.1, 0.15) is 18.4 Å². The van der Waals surface area contributed by atoms with Crippen molar-refractivity contribution in [2.75, 3.05) is 26.0 Å². The highest BCUT2D eigenvalue weighted by Crippen LogP contribution is 2.13. The van der Waals surface area contributed by atoms with E-state index < -0.39 is 10.0 Å². The molecule has 1 aliphatic rings. The summed E-state index contributed by atoms with van der Waals surface area (Å²) >= 11 is 0. The summed E-state index contributed by atoms with van der Waals surface area (Å²) in [6.07, 6.45) is 3.62. The van der Waals surface area contributed by atoms with Gasteiger partial charge in [0.05, 0.1) is 12.9 Å². The van der Waals surface area contributed by atoms with Crippen molar-refractivity contribution in [1.29, 1.82) is 0 Å². The fourth-order valence-electron chi connectivity index (χ4n) is 2.30. The number of pyridine rings is 1. The molecule has 1 fully saturated rings. The van der Waals surface area contributed by atoms with E-state index in [9.17, 15) is 8.42 Å². The number of aromatic nitrogens is 1. The zero-order valence-electron chi connectivity index (χ0n) is 11.6. The molecule has 0 aromatic carbocycles. The lowest BCUT2D eigenvalue weighted by Crippen LogP contribution is -2.37. The molecule has 2 heterocycles. The largest absolute Gasteiger partial charge is 0.481 e. The first-order valence-electron chi connectivity index (χ1n) is 6.76. The summed E-state index contributed by atoms with van der Waals surface area (Å²) in [5.41, 5.74) is 0.835. The van der Waals surface area contributed by atoms with Gasteiger partial charge < -0.3 is 10.1 Å². The maximum absolute atomic E-state index is 12.0. The lowest BCUT2D eigenvalue weighted by Gasteiger charge is -2.22. The quantitative estimate of drug-likeness (QED) is 0.800. The highest BCUT2D eigenvalue weighted by molar-refractivity contribution is 7.89. The zero-order chi connectivity index (χ0) is 14.4. The van der Waals surface area contributed by atoms with Gasteiger partial charge in [0.15, 0.2) is 0 Å². The van der Waals surface area contributed by atoms with E-state index in [1.165, 1.54) is 7.11 Å². The van der Waals surface area contributed by atoms with E-state index in [1.807, 2.05) is 0 Å². The molecule has 1 aromatic heterocycles. The number of hydrogen-bond donors (Lipinski definition) is 2. The molecule has 2 N–H and O–H groups in total. The number of piperidine rings is 1. The third kappa shape index (κ3) is 4.73. The minimum Gasteiger partial charge on any atom is -0.481 e. The van der Waals surface area contributed by atoms with Crippen molar-refractivity contribution >= 4 is 10.0 Å². The second kappa shape index (κ2) is 7.01. The predicted molar refractivity (Wildman–Crippen MR) is 77.0 cm³/mol. The lowest BCUT2D eigenvalue weighted by atomic mass is 10.0. The monoisotopic (exact) mass is 299 g/mol. The fourth-order valence-corrected chi connectivity index (χ4v) is 3.71. The molecule has 1 aromatic rings. The van der Waals surface area contributed by atoms with E-state index in [-0.39, 0.29) is 18.2 Å². The van der Waals surface area contributed by atoms with Crippen LogP contribution in [0, 0.1) is 5.92 Å². The summed E-state index contributed by atoms with van der Waals surface area (Å²) < 4.78 is 31.7. The molecule has 1 atom stereocenters. The summed E-state index contributed by atoms with van der Waals surface area (Å²) in [4.78, 5) is 3.99. The number of rotatable bonds is 6. The molecular weight excluding hydrogens is 278 g/mol. The van der Waals surface area contributed by atoms with Gasteiger partial charge in [0.2, 0.25) is 15.9 Å². The van der Waals surface area contributed by atoms with E-state index >= 15 is 0 Å². The molecule has 2 rings (SSSR count). The van der Waals surface area contributed by atoms with Crippen LogP contribution < -0.4 is 14.8 Å². The first kappa shape index (κ1) is 15.2. The molecule has 112 valence electrons. The molecule has 1 aliphatic heterocycles. The number of ether oxygens (including phenoxy) is 1. The van der Waals surface area contributed by atoms with Crippen LogP contribution in [0.25, 0.3) is 0 Å². The fraction of sp³-hybridized carbons (Fsp3) is 0.615. The minimum atomic E-state index is -3.25. The normalized spacial score (nSPS) is 19.8. The number of methoxy groups -OCH3 is 1. The van der Waals surface area contributed by atoms with Crippen molar-refractivity contribution in [3.05, 3.63) is 23.9 Å². The third-order valence-corrected chi connectivity index (χ3v) is 4.85. The predicted octanol–water partition coefficient (Wildman–Crippen LogP) is 0.509. The van der Waals surface area contributed by atoms with Gasteiger partial charge in [-0.1, -0.05) is 0 Å². The van der Waals surface area contributed by atoms with Crippen molar-refractivity contribution in [1.82, 2.24) is 15.0 Å². The van der Waals surface area contributed by atoms with Crippen LogP contribution in [0.2, 0.25) is 0 Å². The summed E-state index contributed by atoms with van der Waals surface area (Å²) in [7, 11) is -1.72. The van der Waals surface area contributed by atoms with Crippen molar-refractivity contribution in [3.8, 4) is 5.88 Å². The van der Waals surface area contributed by atoms with Crippen molar-refractivity contribution in [2.24, 2.45) is 5.92 Å². The standard InChI is InChI=1S/C13H21N3O3S/c1-19-13-7-11(4-6-15-13)9-16-20(17,18)10-12-3-2-5-14-8-12/h4,6-7,12,14,16H,2-3,5,8-10H2,1H3. The molecule has 0 saturated carbocycles. The Morgan fingerprint density at radius 1 is 1.55 bits per heavy atom. The molecule has 0 spiro atoms. The van der Waals surface area contributed by atoms with Gasteiger partial charge in [-0.2, -0.15) is 0 Å². The minimum absolute atomic E-state index is 0.183. The number of hydrogen-bond acceptors (Lipinski definition) is 5. The van der Waals surface area contributed by atoms with Gasteiger partial charge >= 0.3 is 0 Å². The summed E-state index contributed by atoms with van der Waals surface area (Å²) in [6.45, 7) is 2.03. The average molecular weight is 299 g/mol. The van der Waals surface area contributed by atoms with Crippen LogP contribution in [-0.4, -0.2) is 39.4 Å². The van der Waals surface area contributed by atoms with Crippen molar-refractivity contribution < 1.29 is 13.2 Å². The maximum atomic E-state index is 12.0. The lowest BCUT2D eigenvalue weighted by molar-refractivity contribution is 0.397. The van der Waals surface area contributed by atoms with Crippen molar-refractivity contribution in [3.63, 3.8) is 0 Å². The summed E-state index contributed by atoms with van der Waals surface area (Å²) in [5, 5.41) is 3.23. The Hall–Kier alpha value is -1.18. The zero-order valence-corrected chi connectivity index (χ0v) is 12.4. The molecule has 7 heteroatoms. The van der Waals surface area contributed by atoms with E-state index in [0.29, 0.717) is 5.88 Å². The van der Waals surface area contributed by atoms with Crippen molar-refractivity contribution in [2.45, 2.75) is 19.4 Å². The van der Waals surface area contributed by atoms with Crippen LogP contribution in [0.5, 0.6) is 5.88 Å². The van der Waals surface area contributed by atoms with Crippen LogP contribution in [0.3, 0.4) is 0 Å². The SMILES string of the molecule is COc1cc(CNS(=O)(=O)CC2CCCNC2)ccn1. The van der Waals surface area contributed by atoms with Crippen LogP contribution in [-0.2, 0) is 16.6 Å². The smallest absolute Gasteiger partial charge is 0.213 e. The number of nitrogens with one attached hydrogen (secondary N) is 2. The van der Waals surface area contributed by atoms with Gasteiger partial charge in [0.25, 0.3) is 0 Å². The van der Waals surface area contributed by atoms with E-state index in [2.05, 4.69) is 15.0 Å². The molecular formula is C13H21N3O3S. The van der Waals surface area contributed by atoms with E-state index in [0.717, 1.165) is 31.5 Å². The Morgan fingerprint density at radius 2 is 2.40 bits per heavy atom. The van der Waals surface area contributed by atoms with Gasteiger partial charge in [-0.15, -0.1) is 0 Å². The molecule has 6 nitrogen and oxygen atoms in total. The van der Waals surface area contributed by atoms with Crippen LogP contribution >= 0.6 is 0 Å². The average Bonchev–Trinajstić information content (AvgIpc) is 2.46. The Morgan fingerprint density at radius 3 is 3.10 bits per heavy atom. The Kier molecular flexibility index (Phi) is 5.33. The van der Waals surface area contributed by atoms with E-state index in [1.54, 1.807) is 18.3 Å². The van der Waals surface area contributed by atoms with Gasteiger partial charge in [0.1, 0.15) is 0 Å². The second-order valence-corrected chi connectivity index (χ2v) is 6.87. The first-order chi connectivity index (χ1) is 9.59. The number of nitrogens with zero attached hydrogens (tertiary/aromatic N) is 1. The summed E-state index contributed by atoms with van der Waals surface area (Å²) in [5.74, 6) is 0.869. The third-order valence-electron chi connectivity index (χ3n) is 3.36. The second-order valence-electron chi connectivity index (χ2n) is 5.02.